The zero-order valence-corrected chi connectivity index (χ0v) is 20.0. The maximum Gasteiger partial charge on any atom is 0.136 e. The fourth-order valence-corrected chi connectivity index (χ4v) is 4.01. The SMILES string of the molecule is CCN(CC)c1ccc2c(c1)O/C(=C\C=C(/C#N)c1ccnc(-c3cc(C)ccn3)c1)C=C2C. The minimum Gasteiger partial charge on any atom is -0.457 e. The van der Waals surface area contributed by atoms with Gasteiger partial charge in [0.15, 0.2) is 0 Å². The predicted octanol–water partition coefficient (Wildman–Crippen LogP) is 6.59. The van der Waals surface area contributed by atoms with Crippen LogP contribution < -0.4 is 9.64 Å². The van der Waals surface area contributed by atoms with E-state index in [1.54, 1.807) is 18.5 Å². The molecule has 34 heavy (non-hydrogen) atoms. The summed E-state index contributed by atoms with van der Waals surface area (Å²) >= 11 is 0. The van der Waals surface area contributed by atoms with E-state index in [4.69, 9.17) is 4.74 Å². The fourth-order valence-electron chi connectivity index (χ4n) is 4.01. The number of hydrogen-bond acceptors (Lipinski definition) is 5. The summed E-state index contributed by atoms with van der Waals surface area (Å²) in [5, 5.41) is 9.83. The van der Waals surface area contributed by atoms with Gasteiger partial charge in [0.25, 0.3) is 0 Å². The van der Waals surface area contributed by atoms with Gasteiger partial charge in [0.05, 0.1) is 23.0 Å². The number of anilines is 1. The molecule has 0 saturated heterocycles. The first kappa shape index (κ1) is 23.0. The molecule has 0 spiro atoms. The first-order valence-corrected chi connectivity index (χ1v) is 11.5. The third-order valence-corrected chi connectivity index (χ3v) is 5.89. The van der Waals surface area contributed by atoms with Crippen molar-refractivity contribution < 1.29 is 4.74 Å². The van der Waals surface area contributed by atoms with E-state index >= 15 is 0 Å². The van der Waals surface area contributed by atoms with Gasteiger partial charge in [-0.25, -0.2) is 0 Å². The van der Waals surface area contributed by atoms with Crippen LogP contribution in [0.25, 0.3) is 22.5 Å². The number of benzene rings is 1. The molecule has 0 fully saturated rings. The Balaban J connectivity index is 1.64. The summed E-state index contributed by atoms with van der Waals surface area (Å²) in [6.45, 7) is 10.3. The van der Waals surface area contributed by atoms with Gasteiger partial charge < -0.3 is 9.64 Å². The van der Waals surface area contributed by atoms with Crippen LogP contribution in [0.5, 0.6) is 5.75 Å². The number of nitriles is 1. The summed E-state index contributed by atoms with van der Waals surface area (Å²) in [5.41, 5.74) is 7.29. The molecule has 5 heteroatoms. The molecule has 4 rings (SSSR count). The average molecular weight is 449 g/mol. The van der Waals surface area contributed by atoms with Crippen molar-refractivity contribution in [3.05, 3.63) is 95.5 Å². The van der Waals surface area contributed by atoms with Crippen LogP contribution in [-0.4, -0.2) is 23.1 Å². The summed E-state index contributed by atoms with van der Waals surface area (Å²) in [4.78, 5) is 11.1. The molecule has 1 aliphatic heterocycles. The maximum absolute atomic E-state index is 9.83. The number of ether oxygens (including phenoxy) is 1. The lowest BCUT2D eigenvalue weighted by molar-refractivity contribution is 0.438. The molecule has 0 N–H and O–H groups in total. The molecular formula is C29H28N4O. The lowest BCUT2D eigenvalue weighted by Gasteiger charge is -2.24. The normalized spacial score (nSPS) is 14.1. The minimum atomic E-state index is 0.529. The summed E-state index contributed by atoms with van der Waals surface area (Å²) in [5.74, 6) is 1.53. The topological polar surface area (TPSA) is 62.0 Å². The molecule has 0 unspecified atom stereocenters. The molecule has 5 nitrogen and oxygen atoms in total. The minimum absolute atomic E-state index is 0.529. The number of aryl methyl sites for hydroxylation is 1. The van der Waals surface area contributed by atoms with Gasteiger partial charge in [-0.1, -0.05) is 0 Å². The first-order chi connectivity index (χ1) is 16.5. The van der Waals surface area contributed by atoms with Crippen molar-refractivity contribution in [1.82, 2.24) is 9.97 Å². The zero-order chi connectivity index (χ0) is 24.1. The number of rotatable bonds is 6. The van der Waals surface area contributed by atoms with Crippen molar-refractivity contribution in [2.24, 2.45) is 0 Å². The quantitative estimate of drug-likeness (QED) is 0.398. The number of fused-ring (bicyclic) bond motifs is 1. The van der Waals surface area contributed by atoms with Crippen LogP contribution in [0, 0.1) is 18.3 Å². The molecule has 1 aromatic carbocycles. The Hall–Kier alpha value is -4.17. The van der Waals surface area contributed by atoms with Crippen LogP contribution in [0.1, 0.15) is 37.5 Å². The largest absolute Gasteiger partial charge is 0.457 e. The first-order valence-electron chi connectivity index (χ1n) is 11.5. The lowest BCUT2D eigenvalue weighted by Crippen LogP contribution is -2.21. The molecule has 170 valence electrons. The molecular weight excluding hydrogens is 420 g/mol. The van der Waals surface area contributed by atoms with E-state index in [9.17, 15) is 5.26 Å². The Morgan fingerprint density at radius 2 is 1.74 bits per heavy atom. The van der Waals surface area contributed by atoms with E-state index in [2.05, 4.69) is 59.9 Å². The van der Waals surface area contributed by atoms with E-state index in [0.29, 0.717) is 11.3 Å². The van der Waals surface area contributed by atoms with Crippen molar-refractivity contribution in [2.45, 2.75) is 27.7 Å². The van der Waals surface area contributed by atoms with Crippen LogP contribution >= 0.6 is 0 Å². The van der Waals surface area contributed by atoms with Crippen LogP contribution in [0.4, 0.5) is 5.69 Å². The van der Waals surface area contributed by atoms with Crippen molar-refractivity contribution in [2.75, 3.05) is 18.0 Å². The predicted molar refractivity (Wildman–Crippen MR) is 138 cm³/mol. The van der Waals surface area contributed by atoms with Gasteiger partial charge in [-0.15, -0.1) is 0 Å². The van der Waals surface area contributed by atoms with Gasteiger partial charge in [-0.3, -0.25) is 9.97 Å². The van der Waals surface area contributed by atoms with Crippen LogP contribution in [-0.2, 0) is 0 Å². The second kappa shape index (κ2) is 10.2. The number of aromatic nitrogens is 2. The lowest BCUT2D eigenvalue weighted by atomic mass is 10.0. The Morgan fingerprint density at radius 3 is 2.44 bits per heavy atom. The monoisotopic (exact) mass is 448 g/mol. The number of nitrogens with zero attached hydrogens (tertiary/aromatic N) is 4. The highest BCUT2D eigenvalue weighted by molar-refractivity contribution is 5.80. The average Bonchev–Trinajstić information content (AvgIpc) is 2.85. The molecule has 0 radical (unpaired) electrons. The Bertz CT molecular complexity index is 1340. The highest BCUT2D eigenvalue weighted by atomic mass is 16.5. The molecule has 0 amide bonds. The van der Waals surface area contributed by atoms with Gasteiger partial charge in [0.1, 0.15) is 11.5 Å². The molecule has 2 aromatic heterocycles. The number of pyridine rings is 2. The van der Waals surface area contributed by atoms with Crippen LogP contribution in [0.3, 0.4) is 0 Å². The van der Waals surface area contributed by atoms with Crippen molar-refractivity contribution in [1.29, 1.82) is 5.26 Å². The zero-order valence-electron chi connectivity index (χ0n) is 20.0. The molecule has 0 atom stereocenters. The molecule has 0 aliphatic carbocycles. The second-order valence-corrected chi connectivity index (χ2v) is 8.19. The Labute approximate surface area is 201 Å². The Morgan fingerprint density at radius 1 is 1.00 bits per heavy atom. The molecule has 0 bridgehead atoms. The van der Waals surface area contributed by atoms with Gasteiger partial charge in [-0.2, -0.15) is 5.26 Å². The van der Waals surface area contributed by atoms with E-state index < -0.39 is 0 Å². The van der Waals surface area contributed by atoms with E-state index in [1.807, 2.05) is 43.3 Å². The third kappa shape index (κ3) is 4.92. The fraction of sp³-hybridized carbons (Fsp3) is 0.207. The van der Waals surface area contributed by atoms with Gasteiger partial charge in [0.2, 0.25) is 0 Å². The Kier molecular flexibility index (Phi) is 6.89. The van der Waals surface area contributed by atoms with E-state index in [0.717, 1.165) is 58.2 Å². The highest BCUT2D eigenvalue weighted by Crippen LogP contribution is 2.36. The van der Waals surface area contributed by atoms with Gasteiger partial charge >= 0.3 is 0 Å². The van der Waals surface area contributed by atoms with Crippen molar-refractivity contribution in [3.63, 3.8) is 0 Å². The van der Waals surface area contributed by atoms with E-state index in [-0.39, 0.29) is 0 Å². The molecule has 3 aromatic rings. The maximum atomic E-state index is 9.83. The van der Waals surface area contributed by atoms with Crippen LogP contribution in [0.2, 0.25) is 0 Å². The molecule has 1 aliphatic rings. The molecule has 0 saturated carbocycles. The summed E-state index contributed by atoms with van der Waals surface area (Å²) in [6, 6.07) is 16.3. The number of hydrogen-bond donors (Lipinski definition) is 0. The highest BCUT2D eigenvalue weighted by Gasteiger charge is 2.16. The smallest absolute Gasteiger partial charge is 0.136 e. The summed E-state index contributed by atoms with van der Waals surface area (Å²) < 4.78 is 6.20. The third-order valence-electron chi connectivity index (χ3n) is 5.89. The van der Waals surface area contributed by atoms with Gasteiger partial charge in [0, 0.05) is 42.8 Å². The van der Waals surface area contributed by atoms with Crippen molar-refractivity contribution >= 4 is 16.8 Å². The van der Waals surface area contributed by atoms with Crippen molar-refractivity contribution in [3.8, 4) is 23.2 Å². The number of allylic oxidation sites excluding steroid dienone is 5. The van der Waals surface area contributed by atoms with Crippen LogP contribution in [0.15, 0.2) is 78.8 Å². The summed E-state index contributed by atoms with van der Waals surface area (Å²) in [7, 11) is 0. The summed E-state index contributed by atoms with van der Waals surface area (Å²) in [6.07, 6.45) is 9.11. The van der Waals surface area contributed by atoms with Gasteiger partial charge in [-0.05, 0) is 99.0 Å². The second-order valence-electron chi connectivity index (χ2n) is 8.19. The molecule has 3 heterocycles. The van der Waals surface area contributed by atoms with E-state index in [1.165, 1.54) is 0 Å². The standard InChI is InChI=1S/C29H28N4O/c1-5-33(6-2)24-8-10-26-21(4)16-25(34-29(26)18-24)9-7-23(19-30)22-12-14-32-28(17-22)27-15-20(3)11-13-31-27/h7-18H,5-6H2,1-4H3/b23-7+,25-9-.